The van der Waals surface area contributed by atoms with Crippen molar-refractivity contribution in [1.82, 2.24) is 9.62 Å². The van der Waals surface area contributed by atoms with Crippen LogP contribution in [0.25, 0.3) is 0 Å². The van der Waals surface area contributed by atoms with Crippen molar-refractivity contribution < 1.29 is 8.42 Å². The Morgan fingerprint density at radius 3 is 2.45 bits per heavy atom. The minimum atomic E-state index is -3.20. The zero-order chi connectivity index (χ0) is 14.4. The summed E-state index contributed by atoms with van der Waals surface area (Å²) in [5, 5.41) is 3.25. The summed E-state index contributed by atoms with van der Waals surface area (Å²) in [4.78, 5) is 0. The fourth-order valence-electron chi connectivity index (χ4n) is 2.20. The Hall–Kier alpha value is -1.17. The lowest BCUT2D eigenvalue weighted by molar-refractivity contribution is 0.437. The second kappa shape index (κ2) is 7.02. The van der Waals surface area contributed by atoms with Gasteiger partial charge in [-0.05, 0) is 24.1 Å². The van der Waals surface area contributed by atoms with Gasteiger partial charge in [-0.15, -0.1) is 0 Å². The zero-order valence-electron chi connectivity index (χ0n) is 11.9. The highest BCUT2D eigenvalue weighted by molar-refractivity contribution is 7.88. The van der Waals surface area contributed by atoms with Crippen molar-refractivity contribution in [3.63, 3.8) is 0 Å². The molecule has 110 valence electrons. The van der Waals surface area contributed by atoms with E-state index < -0.39 is 10.0 Å². The van der Waals surface area contributed by atoms with E-state index in [4.69, 9.17) is 0 Å². The van der Waals surface area contributed by atoms with Crippen molar-refractivity contribution >= 4 is 10.0 Å². The lowest BCUT2D eigenvalue weighted by atomic mass is 10.1. The summed E-state index contributed by atoms with van der Waals surface area (Å²) in [7, 11) is -3.20. The molecule has 2 rings (SSSR count). The number of nitrogens with one attached hydrogen (secondary N) is 1. The molecule has 1 aromatic carbocycles. The maximum atomic E-state index is 12.3. The van der Waals surface area contributed by atoms with Crippen LogP contribution in [0.5, 0.6) is 0 Å². The van der Waals surface area contributed by atoms with Gasteiger partial charge in [0.2, 0.25) is 10.0 Å². The first-order valence-electron chi connectivity index (χ1n) is 7.03. The van der Waals surface area contributed by atoms with Gasteiger partial charge in [-0.2, -0.15) is 4.31 Å². The average molecular weight is 294 g/mol. The Balaban J connectivity index is 2.00. The molecule has 0 amide bonds. The van der Waals surface area contributed by atoms with E-state index in [2.05, 4.69) is 12.2 Å². The highest BCUT2D eigenvalue weighted by atomic mass is 32.2. The third-order valence-corrected chi connectivity index (χ3v) is 5.18. The number of benzene rings is 1. The van der Waals surface area contributed by atoms with Crippen LogP contribution in [-0.2, 0) is 22.3 Å². The van der Waals surface area contributed by atoms with Gasteiger partial charge in [0.15, 0.2) is 0 Å². The predicted molar refractivity (Wildman–Crippen MR) is 81.8 cm³/mol. The lowest BCUT2D eigenvalue weighted by Gasteiger charge is -2.22. The van der Waals surface area contributed by atoms with E-state index in [0.717, 1.165) is 25.1 Å². The topological polar surface area (TPSA) is 49.4 Å². The molecule has 0 unspecified atom stereocenters. The average Bonchev–Trinajstić information content (AvgIpc) is 2.47. The third kappa shape index (κ3) is 4.16. The summed E-state index contributed by atoms with van der Waals surface area (Å²) >= 11 is 0. The molecule has 5 heteroatoms. The molecule has 1 N–H and O–H groups in total. The normalized spacial score (nSPS) is 16.4. The molecular weight excluding hydrogens is 272 g/mol. The highest BCUT2D eigenvalue weighted by Gasteiger charge is 2.22. The Labute approximate surface area is 121 Å². The Morgan fingerprint density at radius 1 is 1.15 bits per heavy atom. The first-order chi connectivity index (χ1) is 9.62. The number of nitrogens with zero attached hydrogens (tertiary/aromatic N) is 1. The second-order valence-corrected chi connectivity index (χ2v) is 6.94. The maximum absolute atomic E-state index is 12.3. The molecule has 0 saturated heterocycles. The number of sulfonamides is 1. The van der Waals surface area contributed by atoms with Crippen molar-refractivity contribution in [2.24, 2.45) is 0 Å². The van der Waals surface area contributed by atoms with Gasteiger partial charge in [0, 0.05) is 19.6 Å². The molecule has 0 fully saturated rings. The summed E-state index contributed by atoms with van der Waals surface area (Å²) in [5.74, 6) is 0.0856. The van der Waals surface area contributed by atoms with Crippen molar-refractivity contribution in [3.8, 4) is 0 Å². The van der Waals surface area contributed by atoms with E-state index in [1.165, 1.54) is 5.56 Å². The van der Waals surface area contributed by atoms with E-state index in [9.17, 15) is 8.42 Å². The van der Waals surface area contributed by atoms with Crippen LogP contribution < -0.4 is 5.32 Å². The van der Waals surface area contributed by atoms with Crippen molar-refractivity contribution in [1.29, 1.82) is 0 Å². The standard InChI is InChI=1S/C15H22N2O2S/c1-2-16-12-14-6-8-15(9-7-14)13-20(18,19)17-10-4-3-5-11-17/h3-4,6-9,16H,2,5,10-13H2,1H3. The van der Waals surface area contributed by atoms with Gasteiger partial charge in [-0.3, -0.25) is 0 Å². The van der Waals surface area contributed by atoms with Crippen LogP contribution in [0, 0.1) is 0 Å². The fraction of sp³-hybridized carbons (Fsp3) is 0.467. The van der Waals surface area contributed by atoms with E-state index in [1.807, 2.05) is 36.4 Å². The van der Waals surface area contributed by atoms with E-state index in [0.29, 0.717) is 13.1 Å². The lowest BCUT2D eigenvalue weighted by Crippen LogP contribution is -2.34. The summed E-state index contributed by atoms with van der Waals surface area (Å²) in [6.45, 7) is 4.91. The highest BCUT2D eigenvalue weighted by Crippen LogP contribution is 2.14. The summed E-state index contributed by atoms with van der Waals surface area (Å²) in [6.07, 6.45) is 4.75. The molecule has 0 aromatic heterocycles. The molecule has 1 aliphatic heterocycles. The fourth-order valence-corrected chi connectivity index (χ4v) is 3.69. The van der Waals surface area contributed by atoms with E-state index in [1.54, 1.807) is 4.31 Å². The Bertz CT molecular complexity index is 550. The van der Waals surface area contributed by atoms with Crippen LogP contribution in [0.15, 0.2) is 36.4 Å². The minimum Gasteiger partial charge on any atom is -0.313 e. The molecule has 0 bridgehead atoms. The van der Waals surface area contributed by atoms with Gasteiger partial charge < -0.3 is 5.32 Å². The van der Waals surface area contributed by atoms with Crippen LogP contribution >= 0.6 is 0 Å². The number of hydrogen-bond donors (Lipinski definition) is 1. The third-order valence-electron chi connectivity index (χ3n) is 3.37. The minimum absolute atomic E-state index is 0.0856. The van der Waals surface area contributed by atoms with Gasteiger partial charge >= 0.3 is 0 Å². The molecule has 0 atom stereocenters. The largest absolute Gasteiger partial charge is 0.313 e. The van der Waals surface area contributed by atoms with Crippen molar-refractivity contribution in [3.05, 3.63) is 47.5 Å². The maximum Gasteiger partial charge on any atom is 0.218 e. The van der Waals surface area contributed by atoms with E-state index >= 15 is 0 Å². The summed E-state index contributed by atoms with van der Waals surface area (Å²) in [5.41, 5.74) is 2.02. The first kappa shape index (κ1) is 15.2. The molecule has 0 spiro atoms. The van der Waals surface area contributed by atoms with Crippen LogP contribution in [0.1, 0.15) is 24.5 Å². The van der Waals surface area contributed by atoms with Crippen molar-refractivity contribution in [2.75, 3.05) is 19.6 Å². The smallest absolute Gasteiger partial charge is 0.218 e. The second-order valence-electron chi connectivity index (χ2n) is 4.97. The zero-order valence-corrected chi connectivity index (χ0v) is 12.7. The summed E-state index contributed by atoms with van der Waals surface area (Å²) in [6, 6.07) is 7.79. The molecule has 4 nitrogen and oxygen atoms in total. The molecule has 1 aromatic rings. The van der Waals surface area contributed by atoms with Gasteiger partial charge in [0.1, 0.15) is 0 Å². The predicted octanol–water partition coefficient (Wildman–Crippen LogP) is 1.89. The van der Waals surface area contributed by atoms with Gasteiger partial charge in [-0.1, -0.05) is 43.3 Å². The van der Waals surface area contributed by atoms with Crippen LogP contribution in [-0.4, -0.2) is 32.4 Å². The monoisotopic (exact) mass is 294 g/mol. The molecule has 0 saturated carbocycles. The van der Waals surface area contributed by atoms with Gasteiger partial charge in [0.25, 0.3) is 0 Å². The number of hydrogen-bond acceptors (Lipinski definition) is 3. The van der Waals surface area contributed by atoms with Crippen LogP contribution in [0.4, 0.5) is 0 Å². The SMILES string of the molecule is CCNCc1ccc(CS(=O)(=O)N2CC=CCC2)cc1. The van der Waals surface area contributed by atoms with Crippen molar-refractivity contribution in [2.45, 2.75) is 25.6 Å². The van der Waals surface area contributed by atoms with Gasteiger partial charge in [-0.25, -0.2) is 8.42 Å². The molecule has 0 radical (unpaired) electrons. The Kier molecular flexibility index (Phi) is 5.34. The molecule has 20 heavy (non-hydrogen) atoms. The van der Waals surface area contributed by atoms with E-state index in [-0.39, 0.29) is 5.75 Å². The Morgan fingerprint density at radius 2 is 1.85 bits per heavy atom. The van der Waals surface area contributed by atoms with Gasteiger partial charge in [0.05, 0.1) is 5.75 Å². The molecule has 0 aliphatic carbocycles. The quantitative estimate of drug-likeness (QED) is 0.815. The summed E-state index contributed by atoms with van der Waals surface area (Å²) < 4.78 is 26.1. The van der Waals surface area contributed by atoms with Crippen LogP contribution in [0.2, 0.25) is 0 Å². The first-order valence-corrected chi connectivity index (χ1v) is 8.64. The molecule has 1 heterocycles. The molecule has 1 aliphatic rings. The number of rotatable bonds is 6. The molecular formula is C15H22N2O2S. The van der Waals surface area contributed by atoms with Crippen LogP contribution in [0.3, 0.4) is 0 Å².